The highest BCUT2D eigenvalue weighted by Gasteiger charge is 2.16. The van der Waals surface area contributed by atoms with E-state index in [0.29, 0.717) is 17.1 Å². The lowest BCUT2D eigenvalue weighted by Gasteiger charge is -2.11. The average molecular weight is 355 g/mol. The van der Waals surface area contributed by atoms with Gasteiger partial charge in [0.05, 0.1) is 13.7 Å². The molecule has 2 aromatic carbocycles. The Hall–Kier alpha value is -3.48. The molecule has 0 bridgehead atoms. The molecule has 0 heterocycles. The number of nitrogens with two attached hydrogens (primary N) is 2. The summed E-state index contributed by atoms with van der Waals surface area (Å²) in [5.74, 6) is 0.350. The maximum atomic E-state index is 12.0. The third kappa shape index (κ3) is 5.01. The van der Waals surface area contributed by atoms with Gasteiger partial charge in [-0.1, -0.05) is 30.3 Å². The highest BCUT2D eigenvalue weighted by molar-refractivity contribution is 5.98. The molecule has 0 amide bonds. The van der Waals surface area contributed by atoms with Crippen LogP contribution in [0.1, 0.15) is 12.5 Å². The third-order valence-corrected chi connectivity index (χ3v) is 3.29. The van der Waals surface area contributed by atoms with Gasteiger partial charge >= 0.3 is 5.97 Å². The monoisotopic (exact) mass is 355 g/mol. The van der Waals surface area contributed by atoms with Gasteiger partial charge in [-0.2, -0.15) is 4.99 Å². The van der Waals surface area contributed by atoms with Gasteiger partial charge in [0.1, 0.15) is 17.3 Å². The van der Waals surface area contributed by atoms with Gasteiger partial charge in [0, 0.05) is 5.56 Å². The van der Waals surface area contributed by atoms with Gasteiger partial charge in [0.25, 0.3) is 5.88 Å². The van der Waals surface area contributed by atoms with E-state index in [-0.39, 0.29) is 24.0 Å². The lowest BCUT2D eigenvalue weighted by atomic mass is 10.2. The van der Waals surface area contributed by atoms with Crippen LogP contribution in [0.3, 0.4) is 0 Å². The van der Waals surface area contributed by atoms with E-state index in [1.165, 1.54) is 0 Å². The van der Waals surface area contributed by atoms with E-state index >= 15 is 0 Å². The smallest absolute Gasteiger partial charge is 0.359 e. The topological polar surface area (TPSA) is 109 Å². The van der Waals surface area contributed by atoms with Gasteiger partial charge in [-0.3, -0.25) is 0 Å². The Bertz CT molecular complexity index is 799. The molecule has 0 aliphatic heterocycles. The highest BCUT2D eigenvalue weighted by Crippen LogP contribution is 2.20. The summed E-state index contributed by atoms with van der Waals surface area (Å²) in [6.45, 7) is 1.85. The van der Waals surface area contributed by atoms with E-state index in [4.69, 9.17) is 25.7 Å². The van der Waals surface area contributed by atoms with Crippen LogP contribution in [0.4, 0.5) is 0 Å². The molecular formula is C19H21N3O4. The van der Waals surface area contributed by atoms with Crippen molar-refractivity contribution in [3.8, 4) is 11.5 Å². The maximum Gasteiger partial charge on any atom is 0.359 e. The molecule has 0 fully saturated rings. The summed E-state index contributed by atoms with van der Waals surface area (Å²) in [7, 11) is 1.56. The first-order valence-corrected chi connectivity index (χ1v) is 7.93. The summed E-state index contributed by atoms with van der Waals surface area (Å²) in [5, 5.41) is 0. The first-order chi connectivity index (χ1) is 12.5. The standard InChI is InChI=1S/C19H21N3O4/c1-3-25-19(23)16(20)18(22-17(21)13-7-5-4-6-8-13)26-15-11-9-14(24-2)10-12-15/h4-12H,3,20H2,1-2H3,(H2,21,22)/b18-16+. The van der Waals surface area contributed by atoms with Crippen LogP contribution < -0.4 is 20.9 Å². The SMILES string of the molecule is CCOC(=O)/C(N)=C(/N=C(\N)c1ccccc1)Oc1ccc(OC)cc1. The molecule has 0 aromatic heterocycles. The Morgan fingerprint density at radius 1 is 1.00 bits per heavy atom. The van der Waals surface area contributed by atoms with Gasteiger partial charge < -0.3 is 25.7 Å². The molecule has 0 aliphatic rings. The Morgan fingerprint density at radius 2 is 1.62 bits per heavy atom. The number of hydrogen-bond donors (Lipinski definition) is 2. The molecule has 0 saturated carbocycles. The molecule has 26 heavy (non-hydrogen) atoms. The van der Waals surface area contributed by atoms with E-state index in [2.05, 4.69) is 4.99 Å². The molecule has 136 valence electrons. The second-order valence-electron chi connectivity index (χ2n) is 5.08. The Labute approximate surface area is 151 Å². The van der Waals surface area contributed by atoms with Crippen LogP contribution in [0.5, 0.6) is 11.5 Å². The number of ether oxygens (including phenoxy) is 3. The normalized spacial score (nSPS) is 12.2. The third-order valence-electron chi connectivity index (χ3n) is 3.29. The van der Waals surface area contributed by atoms with Crippen molar-refractivity contribution >= 4 is 11.8 Å². The van der Waals surface area contributed by atoms with Crippen LogP contribution in [-0.2, 0) is 9.53 Å². The van der Waals surface area contributed by atoms with E-state index in [9.17, 15) is 4.79 Å². The zero-order valence-electron chi connectivity index (χ0n) is 14.6. The first-order valence-electron chi connectivity index (χ1n) is 7.93. The van der Waals surface area contributed by atoms with Crippen LogP contribution in [0.15, 0.2) is 71.2 Å². The number of carbonyl (C=O) groups excluding carboxylic acids is 1. The molecule has 2 rings (SSSR count). The fraction of sp³-hybridized carbons (Fsp3) is 0.158. The molecule has 0 spiro atoms. The summed E-state index contributed by atoms with van der Waals surface area (Å²) in [5.41, 5.74) is 12.3. The summed E-state index contributed by atoms with van der Waals surface area (Å²) in [6, 6.07) is 15.8. The number of benzene rings is 2. The van der Waals surface area contributed by atoms with Crippen LogP contribution >= 0.6 is 0 Å². The molecule has 7 heteroatoms. The number of carbonyl (C=O) groups is 1. The number of nitrogens with zero attached hydrogens (tertiary/aromatic N) is 1. The predicted octanol–water partition coefficient (Wildman–Crippen LogP) is 2.17. The highest BCUT2D eigenvalue weighted by atomic mass is 16.5. The van der Waals surface area contributed by atoms with Crippen molar-refractivity contribution in [2.45, 2.75) is 6.92 Å². The minimum absolute atomic E-state index is 0.144. The van der Waals surface area contributed by atoms with Gasteiger partial charge in [-0.15, -0.1) is 0 Å². The van der Waals surface area contributed by atoms with Crippen LogP contribution in [0, 0.1) is 0 Å². The van der Waals surface area contributed by atoms with Crippen LogP contribution in [0.2, 0.25) is 0 Å². The summed E-state index contributed by atoms with van der Waals surface area (Å²) in [4.78, 5) is 16.2. The lowest BCUT2D eigenvalue weighted by molar-refractivity contribution is -0.138. The number of rotatable bonds is 7. The number of esters is 1. The molecule has 0 radical (unpaired) electrons. The van der Waals surface area contributed by atoms with E-state index in [0.717, 1.165) is 0 Å². The van der Waals surface area contributed by atoms with Crippen LogP contribution in [0.25, 0.3) is 0 Å². The Morgan fingerprint density at radius 3 is 2.19 bits per heavy atom. The van der Waals surface area contributed by atoms with Crippen molar-refractivity contribution in [2.75, 3.05) is 13.7 Å². The first kappa shape index (κ1) is 18.9. The second kappa shape index (κ2) is 9.12. The number of methoxy groups -OCH3 is 1. The zero-order valence-corrected chi connectivity index (χ0v) is 14.6. The molecule has 0 unspecified atom stereocenters. The predicted molar refractivity (Wildman–Crippen MR) is 98.6 cm³/mol. The average Bonchev–Trinajstić information content (AvgIpc) is 2.68. The lowest BCUT2D eigenvalue weighted by Crippen LogP contribution is -2.21. The summed E-state index contributed by atoms with van der Waals surface area (Å²) in [6.07, 6.45) is 0. The molecule has 2 aromatic rings. The Kier molecular flexibility index (Phi) is 6.61. The largest absolute Gasteiger partial charge is 0.497 e. The summed E-state index contributed by atoms with van der Waals surface area (Å²) < 4.78 is 15.7. The van der Waals surface area contributed by atoms with E-state index in [1.807, 2.05) is 18.2 Å². The van der Waals surface area contributed by atoms with Gasteiger partial charge in [-0.25, -0.2) is 4.79 Å². The maximum absolute atomic E-state index is 12.0. The number of amidine groups is 1. The number of hydrogen-bond acceptors (Lipinski definition) is 6. The second-order valence-corrected chi connectivity index (χ2v) is 5.08. The van der Waals surface area contributed by atoms with Gasteiger partial charge in [0.2, 0.25) is 0 Å². The van der Waals surface area contributed by atoms with Crippen molar-refractivity contribution < 1.29 is 19.0 Å². The van der Waals surface area contributed by atoms with Gasteiger partial charge in [-0.05, 0) is 31.2 Å². The fourth-order valence-electron chi connectivity index (χ4n) is 1.97. The van der Waals surface area contributed by atoms with Crippen molar-refractivity contribution in [1.82, 2.24) is 0 Å². The fourth-order valence-corrected chi connectivity index (χ4v) is 1.97. The van der Waals surface area contributed by atoms with Crippen molar-refractivity contribution in [3.63, 3.8) is 0 Å². The van der Waals surface area contributed by atoms with Crippen LogP contribution in [-0.4, -0.2) is 25.5 Å². The van der Waals surface area contributed by atoms with E-state index in [1.54, 1.807) is 50.4 Å². The molecule has 4 N–H and O–H groups in total. The molecular weight excluding hydrogens is 334 g/mol. The van der Waals surface area contributed by atoms with Crippen molar-refractivity contribution in [2.24, 2.45) is 16.5 Å². The quantitative estimate of drug-likeness (QED) is 0.259. The van der Waals surface area contributed by atoms with E-state index < -0.39 is 5.97 Å². The van der Waals surface area contributed by atoms with Crippen molar-refractivity contribution in [3.05, 3.63) is 71.7 Å². The molecule has 0 saturated heterocycles. The molecule has 0 aliphatic carbocycles. The van der Waals surface area contributed by atoms with Gasteiger partial charge in [0.15, 0.2) is 5.70 Å². The molecule has 7 nitrogen and oxygen atoms in total. The zero-order chi connectivity index (χ0) is 18.9. The Balaban J connectivity index is 2.38. The minimum atomic E-state index is -0.736. The minimum Gasteiger partial charge on any atom is -0.497 e. The number of aliphatic imine (C=N–C) groups is 1. The summed E-state index contributed by atoms with van der Waals surface area (Å²) >= 11 is 0. The molecule has 0 atom stereocenters. The van der Waals surface area contributed by atoms with Crippen molar-refractivity contribution in [1.29, 1.82) is 0 Å².